The third-order valence-electron chi connectivity index (χ3n) is 4.23. The highest BCUT2D eigenvalue weighted by molar-refractivity contribution is 5.95. The van der Waals surface area contributed by atoms with Gasteiger partial charge in [0.1, 0.15) is 12.4 Å². The van der Waals surface area contributed by atoms with Gasteiger partial charge in [-0.25, -0.2) is 0 Å². The second-order valence-electron chi connectivity index (χ2n) is 6.63. The Morgan fingerprint density at radius 3 is 2.50 bits per heavy atom. The fraction of sp³-hybridized carbons (Fsp3) is 0.333. The highest BCUT2D eigenvalue weighted by Crippen LogP contribution is 2.19. The molecule has 0 aromatic heterocycles. The highest BCUT2D eigenvalue weighted by atomic mass is 16.5. The minimum absolute atomic E-state index is 0.125. The molecular weight excluding hydrogens is 358 g/mol. The molecule has 2 amide bonds. The minimum Gasteiger partial charge on any atom is -0.491 e. The van der Waals surface area contributed by atoms with Gasteiger partial charge in [0.15, 0.2) is 0 Å². The van der Waals surface area contributed by atoms with Gasteiger partial charge in [-0.2, -0.15) is 0 Å². The molecule has 1 aliphatic rings. The molecule has 1 heterocycles. The Morgan fingerprint density at radius 1 is 1.07 bits per heavy atom. The summed E-state index contributed by atoms with van der Waals surface area (Å²) in [4.78, 5) is 23.3. The molecule has 0 radical (unpaired) electrons. The van der Waals surface area contributed by atoms with E-state index in [0.717, 1.165) is 30.9 Å². The molecule has 1 saturated heterocycles. The van der Waals surface area contributed by atoms with Gasteiger partial charge in [-0.3, -0.25) is 9.59 Å². The molecule has 0 spiro atoms. The smallest absolute Gasteiger partial charge is 0.243 e. The van der Waals surface area contributed by atoms with Crippen LogP contribution in [-0.4, -0.2) is 37.7 Å². The normalized spacial score (nSPS) is 15.7. The molecule has 1 aliphatic heterocycles. The number of carbonyl (C=O) groups is 2. The molecule has 7 nitrogen and oxygen atoms in total. The van der Waals surface area contributed by atoms with E-state index in [-0.39, 0.29) is 24.5 Å². The molecular formula is C21H25N3O4. The molecule has 3 rings (SSSR count). The zero-order valence-corrected chi connectivity index (χ0v) is 15.9. The quantitative estimate of drug-likeness (QED) is 0.651. The Morgan fingerprint density at radius 2 is 1.82 bits per heavy atom. The molecule has 1 atom stereocenters. The molecule has 28 heavy (non-hydrogen) atoms. The van der Waals surface area contributed by atoms with Crippen LogP contribution in [0.15, 0.2) is 48.5 Å². The number of ether oxygens (including phenoxy) is 2. The Hall–Kier alpha value is -3.06. The topological polar surface area (TPSA) is 88.7 Å². The molecule has 2 aromatic carbocycles. The Balaban J connectivity index is 1.43. The summed E-state index contributed by atoms with van der Waals surface area (Å²) >= 11 is 0. The minimum atomic E-state index is -0.182. The largest absolute Gasteiger partial charge is 0.491 e. The standard InChI is InChI=1S/C21H25N3O4/c1-15(25)23-17-4-2-5-18(12-17)24-21(26)13-22-16-7-9-19(10-8-16)28-14-20-6-3-11-27-20/h2,4-5,7-10,12,20,22H,3,6,11,13-14H2,1H3,(H,23,25)(H,24,26). The van der Waals surface area contributed by atoms with Gasteiger partial charge in [0.05, 0.1) is 12.6 Å². The van der Waals surface area contributed by atoms with Gasteiger partial charge in [0.2, 0.25) is 11.8 Å². The maximum absolute atomic E-state index is 12.1. The summed E-state index contributed by atoms with van der Waals surface area (Å²) < 4.78 is 11.3. The van der Waals surface area contributed by atoms with Gasteiger partial charge < -0.3 is 25.4 Å². The van der Waals surface area contributed by atoms with Crippen molar-refractivity contribution in [3.63, 3.8) is 0 Å². The number of anilines is 3. The van der Waals surface area contributed by atoms with Crippen molar-refractivity contribution in [2.75, 3.05) is 35.7 Å². The van der Waals surface area contributed by atoms with Gasteiger partial charge in [-0.15, -0.1) is 0 Å². The van der Waals surface area contributed by atoms with Gasteiger partial charge in [-0.1, -0.05) is 6.07 Å². The van der Waals surface area contributed by atoms with Crippen molar-refractivity contribution < 1.29 is 19.1 Å². The first-order valence-corrected chi connectivity index (χ1v) is 9.34. The second kappa shape index (κ2) is 9.75. The number of hydrogen-bond acceptors (Lipinski definition) is 5. The van der Waals surface area contributed by atoms with E-state index in [0.29, 0.717) is 18.0 Å². The van der Waals surface area contributed by atoms with Crippen molar-refractivity contribution in [1.29, 1.82) is 0 Å². The van der Waals surface area contributed by atoms with E-state index in [2.05, 4.69) is 16.0 Å². The Kier molecular flexibility index (Phi) is 6.86. The van der Waals surface area contributed by atoms with Crippen LogP contribution in [0.25, 0.3) is 0 Å². The molecule has 1 fully saturated rings. The van der Waals surface area contributed by atoms with Crippen LogP contribution in [0.2, 0.25) is 0 Å². The third-order valence-corrected chi connectivity index (χ3v) is 4.23. The number of amides is 2. The molecule has 1 unspecified atom stereocenters. The highest BCUT2D eigenvalue weighted by Gasteiger charge is 2.15. The van der Waals surface area contributed by atoms with E-state index in [1.54, 1.807) is 24.3 Å². The van der Waals surface area contributed by atoms with E-state index in [1.807, 2.05) is 24.3 Å². The lowest BCUT2D eigenvalue weighted by molar-refractivity contribution is -0.115. The zero-order valence-electron chi connectivity index (χ0n) is 15.9. The van der Waals surface area contributed by atoms with Crippen molar-refractivity contribution in [3.05, 3.63) is 48.5 Å². The van der Waals surface area contributed by atoms with Crippen molar-refractivity contribution in [3.8, 4) is 5.75 Å². The van der Waals surface area contributed by atoms with Crippen LogP contribution >= 0.6 is 0 Å². The summed E-state index contributed by atoms with van der Waals surface area (Å²) in [6.45, 7) is 2.94. The second-order valence-corrected chi connectivity index (χ2v) is 6.63. The van der Waals surface area contributed by atoms with E-state index >= 15 is 0 Å². The number of benzene rings is 2. The average Bonchev–Trinajstić information content (AvgIpc) is 3.19. The van der Waals surface area contributed by atoms with Crippen molar-refractivity contribution in [2.45, 2.75) is 25.9 Å². The number of carbonyl (C=O) groups excluding carboxylic acids is 2. The van der Waals surface area contributed by atoms with Gasteiger partial charge in [-0.05, 0) is 55.3 Å². The van der Waals surface area contributed by atoms with Gasteiger partial charge in [0.25, 0.3) is 0 Å². The van der Waals surface area contributed by atoms with Crippen LogP contribution in [0.5, 0.6) is 5.75 Å². The van der Waals surface area contributed by atoms with Crippen LogP contribution < -0.4 is 20.7 Å². The first-order chi connectivity index (χ1) is 13.6. The summed E-state index contributed by atoms with van der Waals surface area (Å²) in [6.07, 6.45) is 2.32. The molecule has 2 aromatic rings. The average molecular weight is 383 g/mol. The number of hydrogen-bond donors (Lipinski definition) is 3. The van der Waals surface area contributed by atoms with E-state index in [9.17, 15) is 9.59 Å². The summed E-state index contributed by atoms with van der Waals surface area (Å²) in [5.74, 6) is 0.437. The summed E-state index contributed by atoms with van der Waals surface area (Å²) in [6, 6.07) is 14.5. The van der Waals surface area contributed by atoms with E-state index < -0.39 is 0 Å². The van der Waals surface area contributed by atoms with Crippen LogP contribution in [0, 0.1) is 0 Å². The van der Waals surface area contributed by atoms with Crippen molar-refractivity contribution in [2.24, 2.45) is 0 Å². The molecule has 7 heteroatoms. The van der Waals surface area contributed by atoms with Crippen molar-refractivity contribution in [1.82, 2.24) is 0 Å². The fourth-order valence-corrected chi connectivity index (χ4v) is 2.90. The number of rotatable bonds is 8. The summed E-state index contributed by atoms with van der Waals surface area (Å²) in [7, 11) is 0. The lowest BCUT2D eigenvalue weighted by Gasteiger charge is -2.12. The lowest BCUT2D eigenvalue weighted by Crippen LogP contribution is -2.21. The lowest BCUT2D eigenvalue weighted by atomic mass is 10.2. The van der Waals surface area contributed by atoms with Crippen LogP contribution in [0.1, 0.15) is 19.8 Å². The fourth-order valence-electron chi connectivity index (χ4n) is 2.90. The summed E-state index contributed by atoms with van der Waals surface area (Å²) in [5.41, 5.74) is 2.08. The SMILES string of the molecule is CC(=O)Nc1cccc(NC(=O)CNc2ccc(OCC3CCCO3)cc2)c1. The summed E-state index contributed by atoms with van der Waals surface area (Å²) in [5, 5.41) is 8.56. The molecule has 148 valence electrons. The van der Waals surface area contributed by atoms with Crippen LogP contribution in [-0.2, 0) is 14.3 Å². The van der Waals surface area contributed by atoms with Gasteiger partial charge >= 0.3 is 0 Å². The van der Waals surface area contributed by atoms with Crippen LogP contribution in [0.3, 0.4) is 0 Å². The molecule has 0 bridgehead atoms. The third kappa shape index (κ3) is 6.28. The maximum atomic E-state index is 12.1. The first-order valence-electron chi connectivity index (χ1n) is 9.34. The molecule has 0 saturated carbocycles. The number of nitrogens with one attached hydrogen (secondary N) is 3. The predicted molar refractivity (Wildman–Crippen MR) is 109 cm³/mol. The van der Waals surface area contributed by atoms with Crippen molar-refractivity contribution >= 4 is 28.9 Å². The van der Waals surface area contributed by atoms with Crippen LogP contribution in [0.4, 0.5) is 17.1 Å². The predicted octanol–water partition coefficient (Wildman–Crippen LogP) is 3.25. The van der Waals surface area contributed by atoms with Gasteiger partial charge in [0, 0.05) is 30.6 Å². The first kappa shape index (κ1) is 19.7. The monoisotopic (exact) mass is 383 g/mol. The Bertz CT molecular complexity index is 802. The van der Waals surface area contributed by atoms with E-state index in [1.165, 1.54) is 6.92 Å². The maximum Gasteiger partial charge on any atom is 0.243 e. The Labute approximate surface area is 164 Å². The van der Waals surface area contributed by atoms with E-state index in [4.69, 9.17) is 9.47 Å². The molecule has 3 N–H and O–H groups in total. The molecule has 0 aliphatic carbocycles. The zero-order chi connectivity index (χ0) is 19.8.